The van der Waals surface area contributed by atoms with Crippen LogP contribution in [-0.2, 0) is 4.79 Å². The summed E-state index contributed by atoms with van der Waals surface area (Å²) in [6.07, 6.45) is 0.398. The normalized spacial score (nSPS) is 20.8. The molecule has 0 aromatic heterocycles. The van der Waals surface area contributed by atoms with Gasteiger partial charge >= 0.3 is 18.0 Å². The Morgan fingerprint density at radius 1 is 1.03 bits per heavy atom. The maximum atomic E-state index is 13.8. The molecule has 3 atom stereocenters. The maximum absolute atomic E-state index is 13.8. The first kappa shape index (κ1) is 22.1. The predicted molar refractivity (Wildman–Crippen MR) is 118 cm³/mol. The smallest absolute Gasteiger partial charge is 0.329 e. The van der Waals surface area contributed by atoms with E-state index in [0.717, 1.165) is 0 Å². The monoisotopic (exact) mass is 424 g/mol. The molecule has 0 radical (unpaired) electrons. The molecule has 0 aliphatic carbocycles. The van der Waals surface area contributed by atoms with Crippen LogP contribution in [0.1, 0.15) is 20.3 Å². The van der Waals surface area contributed by atoms with E-state index in [1.54, 1.807) is 0 Å². The van der Waals surface area contributed by atoms with Crippen LogP contribution in [0, 0.1) is 0 Å². The number of benzene rings is 2. The van der Waals surface area contributed by atoms with Gasteiger partial charge in [0.25, 0.3) is 0 Å². The second-order valence-electron chi connectivity index (χ2n) is 7.51. The molecule has 2 aromatic rings. The molecule has 3 rings (SSSR count). The number of aliphatic carboxylic acids is 1. The number of hydrogen-bond donors (Lipinski definition) is 2. The van der Waals surface area contributed by atoms with E-state index in [1.807, 2.05) is 74.5 Å². The summed E-state index contributed by atoms with van der Waals surface area (Å²) in [7, 11) is 1.52. The van der Waals surface area contributed by atoms with Gasteiger partial charge in [0.1, 0.15) is 0 Å². The number of para-hydroxylation sites is 2. The minimum atomic E-state index is -1.17. The Bertz CT molecular complexity index is 882. The van der Waals surface area contributed by atoms with Crippen molar-refractivity contribution >= 4 is 29.4 Å². The summed E-state index contributed by atoms with van der Waals surface area (Å²) in [5, 5.41) is 12.7. The van der Waals surface area contributed by atoms with Crippen LogP contribution in [0.15, 0.2) is 60.7 Å². The van der Waals surface area contributed by atoms with E-state index < -0.39 is 24.1 Å². The fraction of sp³-hybridized carbons (Fsp3) is 0.348. The summed E-state index contributed by atoms with van der Waals surface area (Å²) >= 11 is 0. The van der Waals surface area contributed by atoms with Gasteiger partial charge < -0.3 is 20.2 Å². The summed E-state index contributed by atoms with van der Waals surface area (Å²) in [5.74, 6) is -1.14. The number of carbonyl (C=O) groups excluding carboxylic acids is 2. The fourth-order valence-corrected chi connectivity index (χ4v) is 4.22. The molecule has 8 nitrogen and oxygen atoms in total. The molecular weight excluding hydrogens is 396 g/mol. The summed E-state index contributed by atoms with van der Waals surface area (Å²) < 4.78 is 0. The molecule has 1 heterocycles. The molecule has 1 aliphatic rings. The lowest BCUT2D eigenvalue weighted by Gasteiger charge is -2.49. The Labute approximate surface area is 182 Å². The quantitative estimate of drug-likeness (QED) is 0.785. The Kier molecular flexibility index (Phi) is 6.79. The number of rotatable bonds is 4. The Morgan fingerprint density at radius 2 is 1.55 bits per heavy atom. The van der Waals surface area contributed by atoms with Gasteiger partial charge in [-0.1, -0.05) is 43.3 Å². The van der Waals surface area contributed by atoms with Crippen LogP contribution < -0.4 is 10.2 Å². The number of nitrogens with zero attached hydrogens (tertiary/aromatic N) is 3. The van der Waals surface area contributed by atoms with Crippen LogP contribution in [0.3, 0.4) is 0 Å². The molecule has 31 heavy (non-hydrogen) atoms. The lowest BCUT2D eigenvalue weighted by Crippen LogP contribution is -2.69. The number of carboxylic acids is 1. The molecule has 1 aliphatic heterocycles. The van der Waals surface area contributed by atoms with Crippen LogP contribution in [0.4, 0.5) is 21.0 Å². The van der Waals surface area contributed by atoms with Gasteiger partial charge in [0.05, 0.1) is 17.4 Å². The van der Waals surface area contributed by atoms with Gasteiger partial charge in [-0.25, -0.2) is 14.4 Å². The summed E-state index contributed by atoms with van der Waals surface area (Å²) in [6, 6.07) is 15.3. The van der Waals surface area contributed by atoms with Gasteiger partial charge in [-0.2, -0.15) is 0 Å². The second kappa shape index (κ2) is 9.51. The van der Waals surface area contributed by atoms with Crippen LogP contribution in [0.5, 0.6) is 0 Å². The highest BCUT2D eigenvalue weighted by Gasteiger charge is 2.48. The number of hydrogen-bond acceptors (Lipinski definition) is 3. The lowest BCUT2D eigenvalue weighted by molar-refractivity contribution is -0.147. The Balaban J connectivity index is 2.06. The van der Waals surface area contributed by atoms with Crippen molar-refractivity contribution in [3.8, 4) is 0 Å². The average molecular weight is 425 g/mol. The lowest BCUT2D eigenvalue weighted by atomic mass is 9.96. The summed E-state index contributed by atoms with van der Waals surface area (Å²) in [5.41, 5.74) is 1.27. The number of urea groups is 2. The topological polar surface area (TPSA) is 93.2 Å². The van der Waals surface area contributed by atoms with Gasteiger partial charge in [-0.15, -0.1) is 0 Å². The van der Waals surface area contributed by atoms with E-state index in [1.165, 1.54) is 21.7 Å². The second-order valence-corrected chi connectivity index (χ2v) is 7.51. The number of amides is 4. The van der Waals surface area contributed by atoms with E-state index in [-0.39, 0.29) is 18.6 Å². The molecule has 1 saturated heterocycles. The number of anilines is 2. The van der Waals surface area contributed by atoms with Gasteiger partial charge in [0.2, 0.25) is 0 Å². The van der Waals surface area contributed by atoms with E-state index in [0.29, 0.717) is 17.8 Å². The molecule has 0 unspecified atom stereocenters. The van der Waals surface area contributed by atoms with Crippen molar-refractivity contribution in [1.82, 2.24) is 15.1 Å². The molecule has 0 bridgehead atoms. The molecule has 4 amide bonds. The molecular formula is C23H28N4O4. The summed E-state index contributed by atoms with van der Waals surface area (Å²) in [6.45, 7) is 3.75. The largest absolute Gasteiger partial charge is 0.480 e. The third-order valence-corrected chi connectivity index (χ3v) is 5.58. The Morgan fingerprint density at radius 3 is 1.97 bits per heavy atom. The van der Waals surface area contributed by atoms with Crippen LogP contribution in [-0.4, -0.2) is 64.7 Å². The van der Waals surface area contributed by atoms with Crippen LogP contribution >= 0.6 is 0 Å². The maximum Gasteiger partial charge on any atom is 0.329 e. The zero-order chi connectivity index (χ0) is 22.5. The molecule has 164 valence electrons. The van der Waals surface area contributed by atoms with E-state index in [4.69, 9.17) is 0 Å². The molecule has 2 aromatic carbocycles. The minimum Gasteiger partial charge on any atom is -0.480 e. The highest BCUT2D eigenvalue weighted by molar-refractivity contribution is 6.01. The summed E-state index contributed by atoms with van der Waals surface area (Å²) in [4.78, 5) is 43.1. The van der Waals surface area contributed by atoms with Crippen molar-refractivity contribution in [2.24, 2.45) is 0 Å². The molecule has 2 N–H and O–H groups in total. The Hall–Kier alpha value is -3.55. The first-order chi connectivity index (χ1) is 14.9. The van der Waals surface area contributed by atoms with E-state index >= 15 is 0 Å². The first-order valence-corrected chi connectivity index (χ1v) is 10.3. The van der Waals surface area contributed by atoms with Crippen LogP contribution in [0.25, 0.3) is 0 Å². The van der Waals surface area contributed by atoms with Crippen molar-refractivity contribution < 1.29 is 19.5 Å². The van der Waals surface area contributed by atoms with Crippen molar-refractivity contribution in [1.29, 1.82) is 0 Å². The molecule has 0 saturated carbocycles. The number of piperazine rings is 1. The van der Waals surface area contributed by atoms with Crippen molar-refractivity contribution in [3.63, 3.8) is 0 Å². The molecule has 8 heteroatoms. The van der Waals surface area contributed by atoms with Crippen molar-refractivity contribution in [2.75, 3.05) is 18.5 Å². The first-order valence-electron chi connectivity index (χ1n) is 10.3. The van der Waals surface area contributed by atoms with E-state index in [9.17, 15) is 19.5 Å². The molecule has 0 spiro atoms. The standard InChI is InChI=1S/C23H28N4O4/c1-4-19-20(21(28)29)25(15-16(2)26(19)22(30)24-3)23(31)27(17-11-7-5-8-12-17)18-13-9-6-10-14-18/h5-14,16,19-20H,4,15H2,1-3H3,(H,24,30)(H,28,29)/t16-,19+,20-/m0/s1. The van der Waals surface area contributed by atoms with Gasteiger partial charge in [0.15, 0.2) is 6.04 Å². The zero-order valence-electron chi connectivity index (χ0n) is 17.9. The molecule has 1 fully saturated rings. The number of carboxylic acid groups (broad SMARTS) is 1. The third kappa shape index (κ3) is 4.33. The van der Waals surface area contributed by atoms with Gasteiger partial charge in [-0.3, -0.25) is 4.90 Å². The van der Waals surface area contributed by atoms with E-state index in [2.05, 4.69) is 5.32 Å². The van der Waals surface area contributed by atoms with Crippen molar-refractivity contribution in [2.45, 2.75) is 38.4 Å². The average Bonchev–Trinajstić information content (AvgIpc) is 2.79. The minimum absolute atomic E-state index is 0.107. The highest BCUT2D eigenvalue weighted by atomic mass is 16.4. The zero-order valence-corrected chi connectivity index (χ0v) is 17.9. The number of nitrogens with one attached hydrogen (secondary N) is 1. The van der Waals surface area contributed by atoms with Crippen molar-refractivity contribution in [3.05, 3.63) is 60.7 Å². The third-order valence-electron chi connectivity index (χ3n) is 5.58. The predicted octanol–water partition coefficient (Wildman–Crippen LogP) is 3.52. The van der Waals surface area contributed by atoms with Gasteiger partial charge in [-0.05, 0) is 37.6 Å². The van der Waals surface area contributed by atoms with Gasteiger partial charge in [0, 0.05) is 19.6 Å². The van der Waals surface area contributed by atoms with Crippen LogP contribution in [0.2, 0.25) is 0 Å². The fourth-order valence-electron chi connectivity index (χ4n) is 4.22. The number of carbonyl (C=O) groups is 3. The SMILES string of the molecule is CC[C@@H]1[C@@H](C(=O)O)N(C(=O)N(c2ccccc2)c2ccccc2)C[C@H](C)N1C(=O)NC. The highest BCUT2D eigenvalue weighted by Crippen LogP contribution is 2.31.